The molecule has 0 spiro atoms. The SMILES string of the molecule is C1=Cc2cccc(CN3CCNCC3)c2NC1. The number of fused-ring (bicyclic) bond motifs is 1. The van der Waals surface area contributed by atoms with Crippen LogP contribution in [0.4, 0.5) is 5.69 Å². The molecule has 0 aromatic heterocycles. The lowest BCUT2D eigenvalue weighted by Crippen LogP contribution is -2.43. The van der Waals surface area contributed by atoms with Crippen molar-refractivity contribution in [2.45, 2.75) is 6.54 Å². The van der Waals surface area contributed by atoms with Crippen LogP contribution in [0.5, 0.6) is 0 Å². The summed E-state index contributed by atoms with van der Waals surface area (Å²) in [5.41, 5.74) is 4.08. The largest absolute Gasteiger partial charge is 0.381 e. The van der Waals surface area contributed by atoms with Crippen LogP contribution < -0.4 is 10.6 Å². The standard InChI is InChI=1S/C14H19N3/c1-3-12-5-2-6-16-14(12)13(4-1)11-17-9-7-15-8-10-17/h1-5,15-16H,6-11H2. The third-order valence-corrected chi connectivity index (χ3v) is 3.48. The monoisotopic (exact) mass is 229 g/mol. The Bertz CT molecular complexity index is 419. The molecule has 0 bridgehead atoms. The quantitative estimate of drug-likeness (QED) is 0.805. The molecule has 0 aliphatic carbocycles. The maximum absolute atomic E-state index is 3.49. The van der Waals surface area contributed by atoms with Gasteiger partial charge in [0.2, 0.25) is 0 Å². The summed E-state index contributed by atoms with van der Waals surface area (Å²) in [6.45, 7) is 6.54. The Morgan fingerprint density at radius 2 is 2.06 bits per heavy atom. The van der Waals surface area contributed by atoms with Crippen molar-refractivity contribution in [2.75, 3.05) is 38.0 Å². The molecule has 1 saturated heterocycles. The van der Waals surface area contributed by atoms with Crippen LogP contribution in [0.1, 0.15) is 11.1 Å². The zero-order valence-electron chi connectivity index (χ0n) is 10.1. The Balaban J connectivity index is 1.80. The van der Waals surface area contributed by atoms with Gasteiger partial charge in [-0.25, -0.2) is 0 Å². The summed E-state index contributed by atoms with van der Waals surface area (Å²) in [7, 11) is 0. The molecule has 0 saturated carbocycles. The van der Waals surface area contributed by atoms with Crippen molar-refractivity contribution in [2.24, 2.45) is 0 Å². The van der Waals surface area contributed by atoms with Crippen molar-refractivity contribution in [1.82, 2.24) is 10.2 Å². The van der Waals surface area contributed by atoms with E-state index in [9.17, 15) is 0 Å². The number of benzene rings is 1. The number of para-hydroxylation sites is 1. The molecule has 3 heteroatoms. The molecule has 90 valence electrons. The average Bonchev–Trinajstić information content (AvgIpc) is 2.40. The Kier molecular flexibility index (Phi) is 3.12. The molecule has 3 nitrogen and oxygen atoms in total. The Hall–Kier alpha value is -1.32. The highest BCUT2D eigenvalue weighted by atomic mass is 15.2. The van der Waals surface area contributed by atoms with Crippen LogP contribution >= 0.6 is 0 Å². The van der Waals surface area contributed by atoms with E-state index in [0.717, 1.165) is 39.3 Å². The van der Waals surface area contributed by atoms with Crippen LogP contribution in [0, 0.1) is 0 Å². The van der Waals surface area contributed by atoms with E-state index in [1.165, 1.54) is 16.8 Å². The lowest BCUT2D eigenvalue weighted by Gasteiger charge is -2.28. The van der Waals surface area contributed by atoms with E-state index in [-0.39, 0.29) is 0 Å². The molecule has 2 N–H and O–H groups in total. The molecular formula is C14H19N3. The van der Waals surface area contributed by atoms with E-state index in [0.29, 0.717) is 0 Å². The molecule has 17 heavy (non-hydrogen) atoms. The minimum Gasteiger partial charge on any atom is -0.381 e. The summed E-state index contributed by atoms with van der Waals surface area (Å²) < 4.78 is 0. The summed E-state index contributed by atoms with van der Waals surface area (Å²) in [5, 5.41) is 6.89. The molecule has 1 aromatic rings. The maximum Gasteiger partial charge on any atom is 0.0461 e. The van der Waals surface area contributed by atoms with Crippen LogP contribution in [0.25, 0.3) is 6.08 Å². The topological polar surface area (TPSA) is 27.3 Å². The number of nitrogens with one attached hydrogen (secondary N) is 2. The van der Waals surface area contributed by atoms with Gasteiger partial charge in [-0.3, -0.25) is 4.90 Å². The second-order valence-electron chi connectivity index (χ2n) is 4.69. The number of nitrogens with zero attached hydrogens (tertiary/aromatic N) is 1. The fourth-order valence-corrected chi connectivity index (χ4v) is 2.56. The van der Waals surface area contributed by atoms with E-state index >= 15 is 0 Å². The van der Waals surface area contributed by atoms with Gasteiger partial charge in [0.15, 0.2) is 0 Å². The Morgan fingerprint density at radius 1 is 1.18 bits per heavy atom. The van der Waals surface area contributed by atoms with Crippen molar-refractivity contribution < 1.29 is 0 Å². The van der Waals surface area contributed by atoms with Gasteiger partial charge in [0.05, 0.1) is 0 Å². The maximum atomic E-state index is 3.49. The predicted octanol–water partition coefficient (Wildman–Crippen LogP) is 1.53. The van der Waals surface area contributed by atoms with E-state index in [2.05, 4.69) is 45.9 Å². The van der Waals surface area contributed by atoms with Gasteiger partial charge in [-0.15, -0.1) is 0 Å². The number of hydrogen-bond acceptors (Lipinski definition) is 3. The molecule has 2 aliphatic rings. The molecule has 2 aliphatic heterocycles. The van der Waals surface area contributed by atoms with E-state index in [4.69, 9.17) is 0 Å². The lowest BCUT2D eigenvalue weighted by molar-refractivity contribution is 0.233. The van der Waals surface area contributed by atoms with Crippen LogP contribution in [-0.4, -0.2) is 37.6 Å². The normalized spacial score (nSPS) is 19.8. The van der Waals surface area contributed by atoms with Crippen molar-refractivity contribution >= 4 is 11.8 Å². The minimum atomic E-state index is 0.950. The predicted molar refractivity (Wildman–Crippen MR) is 72.1 cm³/mol. The Morgan fingerprint density at radius 3 is 2.94 bits per heavy atom. The van der Waals surface area contributed by atoms with Crippen LogP contribution in [-0.2, 0) is 6.54 Å². The number of piperazine rings is 1. The third-order valence-electron chi connectivity index (χ3n) is 3.48. The van der Waals surface area contributed by atoms with Gasteiger partial charge in [0.25, 0.3) is 0 Å². The lowest BCUT2D eigenvalue weighted by atomic mass is 10.0. The summed E-state index contributed by atoms with van der Waals surface area (Å²) >= 11 is 0. The van der Waals surface area contributed by atoms with Crippen LogP contribution in [0.2, 0.25) is 0 Å². The Labute approximate surface area is 103 Å². The summed E-state index contributed by atoms with van der Waals surface area (Å²) in [4.78, 5) is 2.52. The minimum absolute atomic E-state index is 0.950. The molecular weight excluding hydrogens is 210 g/mol. The van der Waals surface area contributed by atoms with E-state index in [1.54, 1.807) is 0 Å². The van der Waals surface area contributed by atoms with Crippen molar-refractivity contribution in [1.29, 1.82) is 0 Å². The first kappa shape index (κ1) is 10.8. The highest BCUT2D eigenvalue weighted by Gasteiger charge is 2.14. The summed E-state index contributed by atoms with van der Waals surface area (Å²) in [6, 6.07) is 6.58. The summed E-state index contributed by atoms with van der Waals surface area (Å²) in [6.07, 6.45) is 4.39. The summed E-state index contributed by atoms with van der Waals surface area (Å²) in [5.74, 6) is 0. The molecule has 1 aromatic carbocycles. The highest BCUT2D eigenvalue weighted by molar-refractivity contribution is 5.72. The van der Waals surface area contributed by atoms with E-state index in [1.807, 2.05) is 0 Å². The highest BCUT2D eigenvalue weighted by Crippen LogP contribution is 2.26. The van der Waals surface area contributed by atoms with Gasteiger partial charge in [0, 0.05) is 45.0 Å². The van der Waals surface area contributed by atoms with Gasteiger partial charge in [-0.1, -0.05) is 30.4 Å². The first-order valence-electron chi connectivity index (χ1n) is 6.39. The fourth-order valence-electron chi connectivity index (χ4n) is 2.56. The van der Waals surface area contributed by atoms with Gasteiger partial charge in [0.1, 0.15) is 0 Å². The first-order chi connectivity index (χ1) is 8.43. The smallest absolute Gasteiger partial charge is 0.0461 e. The van der Waals surface area contributed by atoms with Gasteiger partial charge < -0.3 is 10.6 Å². The van der Waals surface area contributed by atoms with Crippen molar-refractivity contribution in [3.8, 4) is 0 Å². The number of anilines is 1. The van der Waals surface area contributed by atoms with Crippen molar-refractivity contribution in [3.63, 3.8) is 0 Å². The molecule has 3 rings (SSSR count). The molecule has 0 atom stereocenters. The zero-order valence-corrected chi connectivity index (χ0v) is 10.1. The van der Waals surface area contributed by atoms with Crippen molar-refractivity contribution in [3.05, 3.63) is 35.4 Å². The van der Waals surface area contributed by atoms with Crippen LogP contribution in [0.15, 0.2) is 24.3 Å². The van der Waals surface area contributed by atoms with Crippen LogP contribution in [0.3, 0.4) is 0 Å². The molecule has 0 unspecified atom stereocenters. The van der Waals surface area contributed by atoms with E-state index < -0.39 is 0 Å². The van der Waals surface area contributed by atoms with Gasteiger partial charge in [-0.05, 0) is 11.1 Å². The second-order valence-corrected chi connectivity index (χ2v) is 4.69. The second kappa shape index (κ2) is 4.90. The third kappa shape index (κ3) is 2.35. The zero-order chi connectivity index (χ0) is 11.5. The fraction of sp³-hybridized carbons (Fsp3) is 0.429. The van der Waals surface area contributed by atoms with Gasteiger partial charge in [-0.2, -0.15) is 0 Å². The van der Waals surface area contributed by atoms with Gasteiger partial charge >= 0.3 is 0 Å². The molecule has 1 fully saturated rings. The molecule has 0 amide bonds. The molecule has 2 heterocycles. The number of hydrogen-bond donors (Lipinski definition) is 2. The molecule has 0 radical (unpaired) electrons. The average molecular weight is 229 g/mol. The number of rotatable bonds is 2. The first-order valence-corrected chi connectivity index (χ1v) is 6.39.